The number of amides is 1. The van der Waals surface area contributed by atoms with Gasteiger partial charge in [-0.25, -0.2) is 0 Å². The number of aliphatic hydroxyl groups is 1. The Morgan fingerprint density at radius 2 is 2.06 bits per heavy atom. The maximum Gasteiger partial charge on any atom is 0.225 e. The lowest BCUT2D eigenvalue weighted by Crippen LogP contribution is -2.36. The van der Waals surface area contributed by atoms with Crippen LogP contribution in [-0.4, -0.2) is 40.2 Å². The van der Waals surface area contributed by atoms with Crippen LogP contribution >= 0.6 is 11.8 Å². The van der Waals surface area contributed by atoms with Crippen molar-refractivity contribution in [2.45, 2.75) is 56.9 Å². The van der Waals surface area contributed by atoms with Gasteiger partial charge in [0.1, 0.15) is 6.23 Å². The summed E-state index contributed by atoms with van der Waals surface area (Å²) in [7, 11) is 0. The van der Waals surface area contributed by atoms with E-state index in [1.54, 1.807) is 16.7 Å². The Morgan fingerprint density at radius 3 is 2.62 bits per heavy atom. The minimum Gasteiger partial charge on any atom is -0.372 e. The molecule has 94 valence electrons. The first-order valence-corrected chi connectivity index (χ1v) is 7.49. The standard InChI is InChI=1S/C12H23NO2S/c1-3-4-5-6-7-8-13-11(14)9-10(16-2)12(13)15/h10,12,15H,3-9H2,1-2H3. The summed E-state index contributed by atoms with van der Waals surface area (Å²) in [5.41, 5.74) is 0. The molecule has 0 aromatic heterocycles. The van der Waals surface area contributed by atoms with Crippen molar-refractivity contribution in [1.82, 2.24) is 4.90 Å². The monoisotopic (exact) mass is 245 g/mol. The van der Waals surface area contributed by atoms with Crippen molar-refractivity contribution in [2.75, 3.05) is 12.8 Å². The highest BCUT2D eigenvalue weighted by molar-refractivity contribution is 7.99. The molecule has 1 heterocycles. The molecule has 4 heteroatoms. The highest BCUT2D eigenvalue weighted by Gasteiger charge is 2.37. The summed E-state index contributed by atoms with van der Waals surface area (Å²) in [6.45, 7) is 2.91. The number of unbranched alkanes of at least 4 members (excludes halogenated alkanes) is 4. The number of hydrogen-bond acceptors (Lipinski definition) is 3. The molecule has 0 aromatic carbocycles. The summed E-state index contributed by atoms with van der Waals surface area (Å²) in [5.74, 6) is 0.113. The maximum absolute atomic E-state index is 11.6. The fraction of sp³-hybridized carbons (Fsp3) is 0.917. The highest BCUT2D eigenvalue weighted by atomic mass is 32.2. The molecule has 1 rings (SSSR count). The predicted molar refractivity (Wildman–Crippen MR) is 68.4 cm³/mol. The van der Waals surface area contributed by atoms with Crippen LogP contribution in [0.1, 0.15) is 45.4 Å². The van der Waals surface area contributed by atoms with Gasteiger partial charge in [0, 0.05) is 13.0 Å². The zero-order chi connectivity index (χ0) is 12.0. The van der Waals surface area contributed by atoms with Crippen LogP contribution in [0.3, 0.4) is 0 Å². The van der Waals surface area contributed by atoms with Gasteiger partial charge in [0.05, 0.1) is 5.25 Å². The molecule has 2 atom stereocenters. The molecule has 16 heavy (non-hydrogen) atoms. The first-order valence-electron chi connectivity index (χ1n) is 6.21. The van der Waals surface area contributed by atoms with E-state index in [0.717, 1.165) is 19.4 Å². The van der Waals surface area contributed by atoms with Crippen molar-refractivity contribution in [3.05, 3.63) is 0 Å². The van der Waals surface area contributed by atoms with Crippen LogP contribution in [0.5, 0.6) is 0 Å². The Kier molecular flexibility index (Phi) is 6.21. The fourth-order valence-electron chi connectivity index (χ4n) is 2.09. The van der Waals surface area contributed by atoms with Gasteiger partial charge in [0.15, 0.2) is 0 Å². The van der Waals surface area contributed by atoms with Gasteiger partial charge in [-0.15, -0.1) is 0 Å². The van der Waals surface area contributed by atoms with Gasteiger partial charge in [0.25, 0.3) is 0 Å². The molecule has 1 fully saturated rings. The average molecular weight is 245 g/mol. The van der Waals surface area contributed by atoms with Gasteiger partial charge in [-0.3, -0.25) is 4.79 Å². The third kappa shape index (κ3) is 3.67. The Labute approximate surface area is 103 Å². The summed E-state index contributed by atoms with van der Waals surface area (Å²) in [6, 6.07) is 0. The number of nitrogens with zero attached hydrogens (tertiary/aromatic N) is 1. The van der Waals surface area contributed by atoms with Crippen LogP contribution in [0.2, 0.25) is 0 Å². The molecular weight excluding hydrogens is 222 g/mol. The number of rotatable bonds is 7. The Bertz CT molecular complexity index is 223. The van der Waals surface area contributed by atoms with Gasteiger partial charge < -0.3 is 10.0 Å². The van der Waals surface area contributed by atoms with E-state index in [9.17, 15) is 9.90 Å². The lowest BCUT2D eigenvalue weighted by molar-refractivity contribution is -0.133. The van der Waals surface area contributed by atoms with E-state index in [1.807, 2.05) is 6.26 Å². The molecular formula is C12H23NO2S. The SMILES string of the molecule is CCCCCCCN1C(=O)CC(SC)C1O. The van der Waals surface area contributed by atoms with Crippen LogP contribution in [0.4, 0.5) is 0 Å². The molecule has 0 aromatic rings. The number of hydrogen-bond donors (Lipinski definition) is 1. The van der Waals surface area contributed by atoms with Crippen molar-refractivity contribution in [2.24, 2.45) is 0 Å². The van der Waals surface area contributed by atoms with Crippen molar-refractivity contribution >= 4 is 17.7 Å². The second-order valence-electron chi connectivity index (χ2n) is 4.39. The lowest BCUT2D eigenvalue weighted by Gasteiger charge is -2.22. The number of carbonyl (C=O) groups is 1. The zero-order valence-electron chi connectivity index (χ0n) is 10.3. The summed E-state index contributed by atoms with van der Waals surface area (Å²) >= 11 is 1.58. The number of likely N-dealkylation sites (tertiary alicyclic amines) is 1. The van der Waals surface area contributed by atoms with Crippen LogP contribution in [0.25, 0.3) is 0 Å². The van der Waals surface area contributed by atoms with Gasteiger partial charge in [0.2, 0.25) is 5.91 Å². The molecule has 0 radical (unpaired) electrons. The van der Waals surface area contributed by atoms with E-state index < -0.39 is 6.23 Å². The van der Waals surface area contributed by atoms with Gasteiger partial charge in [-0.1, -0.05) is 32.6 Å². The summed E-state index contributed by atoms with van der Waals surface area (Å²) in [6.07, 6.45) is 7.81. The first kappa shape index (κ1) is 13.8. The Balaban J connectivity index is 2.23. The first-order chi connectivity index (χ1) is 7.70. The van der Waals surface area contributed by atoms with Gasteiger partial charge in [-0.05, 0) is 12.7 Å². The van der Waals surface area contributed by atoms with E-state index in [4.69, 9.17) is 0 Å². The molecule has 0 saturated carbocycles. The number of carbonyl (C=O) groups excluding carboxylic acids is 1. The normalized spacial score (nSPS) is 25.4. The molecule has 0 aliphatic carbocycles. The molecule has 1 amide bonds. The predicted octanol–water partition coefficient (Wildman–Crippen LogP) is 2.24. The minimum absolute atomic E-state index is 0.0724. The molecule has 0 bridgehead atoms. The highest BCUT2D eigenvalue weighted by Crippen LogP contribution is 2.26. The van der Waals surface area contributed by atoms with Crippen LogP contribution in [0.15, 0.2) is 0 Å². The van der Waals surface area contributed by atoms with Crippen LogP contribution < -0.4 is 0 Å². The van der Waals surface area contributed by atoms with E-state index >= 15 is 0 Å². The Hall–Kier alpha value is -0.220. The third-order valence-corrected chi connectivity index (χ3v) is 4.17. The summed E-state index contributed by atoms with van der Waals surface area (Å²) < 4.78 is 0. The molecule has 3 nitrogen and oxygen atoms in total. The van der Waals surface area contributed by atoms with Crippen molar-refractivity contribution in [3.8, 4) is 0 Å². The van der Waals surface area contributed by atoms with E-state index in [1.165, 1.54) is 19.3 Å². The fourth-order valence-corrected chi connectivity index (χ4v) is 2.79. The molecule has 2 unspecified atom stereocenters. The zero-order valence-corrected chi connectivity index (χ0v) is 11.1. The molecule has 1 aliphatic heterocycles. The third-order valence-electron chi connectivity index (χ3n) is 3.15. The van der Waals surface area contributed by atoms with Gasteiger partial charge >= 0.3 is 0 Å². The summed E-state index contributed by atoms with van der Waals surface area (Å²) in [4.78, 5) is 13.3. The van der Waals surface area contributed by atoms with Crippen molar-refractivity contribution in [3.63, 3.8) is 0 Å². The van der Waals surface area contributed by atoms with Crippen molar-refractivity contribution in [1.29, 1.82) is 0 Å². The largest absolute Gasteiger partial charge is 0.372 e. The van der Waals surface area contributed by atoms with Crippen molar-refractivity contribution < 1.29 is 9.90 Å². The topological polar surface area (TPSA) is 40.5 Å². The lowest BCUT2D eigenvalue weighted by atomic mass is 10.1. The molecule has 1 N–H and O–H groups in total. The smallest absolute Gasteiger partial charge is 0.225 e. The second-order valence-corrected chi connectivity index (χ2v) is 5.47. The molecule has 0 spiro atoms. The number of thioether (sulfide) groups is 1. The number of aliphatic hydroxyl groups excluding tert-OH is 1. The molecule has 1 aliphatic rings. The van der Waals surface area contributed by atoms with E-state index in [0.29, 0.717) is 6.42 Å². The average Bonchev–Trinajstić information content (AvgIpc) is 2.55. The quantitative estimate of drug-likeness (QED) is 0.699. The van der Waals surface area contributed by atoms with E-state index in [2.05, 4.69) is 6.92 Å². The van der Waals surface area contributed by atoms with Gasteiger partial charge in [-0.2, -0.15) is 11.8 Å². The minimum atomic E-state index is -0.561. The summed E-state index contributed by atoms with van der Waals surface area (Å²) in [5, 5.41) is 9.98. The molecule has 1 saturated heterocycles. The second kappa shape index (κ2) is 7.17. The maximum atomic E-state index is 11.6. The Morgan fingerprint density at radius 1 is 1.38 bits per heavy atom. The van der Waals surface area contributed by atoms with Crippen LogP contribution in [0, 0.1) is 0 Å². The van der Waals surface area contributed by atoms with Crippen LogP contribution in [-0.2, 0) is 4.79 Å². The van der Waals surface area contributed by atoms with E-state index in [-0.39, 0.29) is 11.2 Å².